The van der Waals surface area contributed by atoms with Crippen LogP contribution in [0.1, 0.15) is 28.1 Å². The zero-order chi connectivity index (χ0) is 20.4. The summed E-state index contributed by atoms with van der Waals surface area (Å²) in [6.07, 6.45) is 1.00. The van der Waals surface area contributed by atoms with Gasteiger partial charge in [0, 0.05) is 5.56 Å². The first-order valence-electron chi connectivity index (χ1n) is 9.40. The topological polar surface area (TPSA) is 80.0 Å². The van der Waals surface area contributed by atoms with Gasteiger partial charge in [0.15, 0.2) is 11.4 Å². The van der Waals surface area contributed by atoms with E-state index in [0.29, 0.717) is 11.3 Å². The number of para-hydroxylation sites is 2. The highest BCUT2D eigenvalue weighted by molar-refractivity contribution is 6.10. The maximum Gasteiger partial charge on any atom is 0.264 e. The molecule has 0 aliphatic carbocycles. The van der Waals surface area contributed by atoms with Gasteiger partial charge in [-0.3, -0.25) is 9.59 Å². The second-order valence-corrected chi connectivity index (χ2v) is 7.03. The van der Waals surface area contributed by atoms with Crippen molar-refractivity contribution in [3.8, 4) is 5.75 Å². The summed E-state index contributed by atoms with van der Waals surface area (Å²) in [5, 5.41) is 11.2. The molecule has 0 fully saturated rings. The van der Waals surface area contributed by atoms with Gasteiger partial charge in [-0.05, 0) is 36.8 Å². The highest BCUT2D eigenvalue weighted by atomic mass is 16.5. The van der Waals surface area contributed by atoms with Gasteiger partial charge in [-0.25, -0.2) is 0 Å². The van der Waals surface area contributed by atoms with Gasteiger partial charge in [-0.2, -0.15) is 0 Å². The number of aryl methyl sites for hydroxylation is 1. The van der Waals surface area contributed by atoms with Crippen molar-refractivity contribution in [1.29, 1.82) is 0 Å². The van der Waals surface area contributed by atoms with Gasteiger partial charge in [0.25, 0.3) is 5.91 Å². The Balaban J connectivity index is 1.54. The predicted molar refractivity (Wildman–Crippen MR) is 107 cm³/mol. The lowest BCUT2D eigenvalue weighted by molar-refractivity contribution is -0.136. The van der Waals surface area contributed by atoms with Crippen LogP contribution >= 0.6 is 0 Å². The number of fused-ring (bicyclic) bond motifs is 1. The third-order valence-electron chi connectivity index (χ3n) is 5.12. The molecule has 2 heterocycles. The number of furan rings is 1. The van der Waals surface area contributed by atoms with E-state index < -0.39 is 17.3 Å². The summed E-state index contributed by atoms with van der Waals surface area (Å²) in [5.74, 6) is -0.105. The fourth-order valence-electron chi connectivity index (χ4n) is 3.62. The van der Waals surface area contributed by atoms with Gasteiger partial charge in [0.2, 0.25) is 5.78 Å². The SMILES string of the molecule is Cc1ccccc1OCCN1C(=O)[C@](O)(CC(=O)c2ccco2)c2ccccc21. The quantitative estimate of drug-likeness (QED) is 0.624. The molecule has 4 rings (SSSR count). The van der Waals surface area contributed by atoms with Crippen molar-refractivity contribution in [2.45, 2.75) is 18.9 Å². The first-order valence-corrected chi connectivity index (χ1v) is 9.40. The zero-order valence-electron chi connectivity index (χ0n) is 16.0. The number of ether oxygens (including phenoxy) is 1. The van der Waals surface area contributed by atoms with Crippen molar-refractivity contribution in [3.63, 3.8) is 0 Å². The predicted octanol–water partition coefficient (Wildman–Crippen LogP) is 3.47. The van der Waals surface area contributed by atoms with E-state index in [-0.39, 0.29) is 25.3 Å². The van der Waals surface area contributed by atoms with Crippen LogP contribution in [0.15, 0.2) is 71.3 Å². The standard InChI is InChI=1S/C23H21NO5/c1-16-7-2-5-10-20(16)29-14-12-24-18-9-4-3-8-17(18)23(27,22(24)26)15-19(25)21-11-6-13-28-21/h2-11,13,27H,12,14-15H2,1H3/t23-/m0/s1. The lowest BCUT2D eigenvalue weighted by Gasteiger charge is -2.22. The number of carbonyl (C=O) groups excluding carboxylic acids is 2. The third kappa shape index (κ3) is 3.43. The maximum absolute atomic E-state index is 13.1. The Morgan fingerprint density at radius 3 is 2.62 bits per heavy atom. The minimum absolute atomic E-state index is 0.116. The number of anilines is 1. The van der Waals surface area contributed by atoms with Crippen LogP contribution in [0.2, 0.25) is 0 Å². The molecule has 0 radical (unpaired) electrons. The maximum atomic E-state index is 13.1. The van der Waals surface area contributed by atoms with Gasteiger partial charge in [-0.15, -0.1) is 0 Å². The summed E-state index contributed by atoms with van der Waals surface area (Å²) in [4.78, 5) is 27.1. The molecule has 0 spiro atoms. The van der Waals surface area contributed by atoms with Crippen LogP contribution in [-0.4, -0.2) is 29.9 Å². The summed E-state index contributed by atoms with van der Waals surface area (Å²) in [6, 6.07) is 17.7. The Kier molecular flexibility index (Phi) is 4.94. The van der Waals surface area contributed by atoms with Crippen LogP contribution in [-0.2, 0) is 10.4 Å². The van der Waals surface area contributed by atoms with Crippen molar-refractivity contribution < 1.29 is 23.8 Å². The Hall–Kier alpha value is -3.38. The fraction of sp³-hybridized carbons (Fsp3) is 0.217. The molecule has 3 aromatic rings. The minimum Gasteiger partial charge on any atom is -0.491 e. The van der Waals surface area contributed by atoms with E-state index in [9.17, 15) is 14.7 Å². The lowest BCUT2D eigenvalue weighted by Crippen LogP contribution is -2.43. The van der Waals surface area contributed by atoms with Crippen LogP contribution in [0.5, 0.6) is 5.75 Å². The van der Waals surface area contributed by atoms with Gasteiger partial charge in [-0.1, -0.05) is 36.4 Å². The van der Waals surface area contributed by atoms with E-state index in [0.717, 1.165) is 11.3 Å². The van der Waals surface area contributed by atoms with Crippen molar-refractivity contribution in [2.75, 3.05) is 18.1 Å². The molecule has 1 amide bonds. The van der Waals surface area contributed by atoms with Crippen molar-refractivity contribution in [1.82, 2.24) is 0 Å². The summed E-state index contributed by atoms with van der Waals surface area (Å²) < 4.78 is 10.9. The monoisotopic (exact) mass is 391 g/mol. The van der Waals surface area contributed by atoms with Gasteiger partial charge in [0.05, 0.1) is 24.9 Å². The average Bonchev–Trinajstić information content (AvgIpc) is 3.33. The Bertz CT molecular complexity index is 1040. The van der Waals surface area contributed by atoms with E-state index in [1.54, 1.807) is 30.3 Å². The molecule has 1 N–H and O–H groups in total. The number of hydrogen-bond acceptors (Lipinski definition) is 5. The van der Waals surface area contributed by atoms with E-state index in [4.69, 9.17) is 9.15 Å². The van der Waals surface area contributed by atoms with Crippen molar-refractivity contribution >= 4 is 17.4 Å². The Morgan fingerprint density at radius 1 is 1.10 bits per heavy atom. The van der Waals surface area contributed by atoms with Crippen LogP contribution in [0.4, 0.5) is 5.69 Å². The largest absolute Gasteiger partial charge is 0.491 e. The first kappa shape index (κ1) is 19.0. The molecule has 1 atom stereocenters. The zero-order valence-corrected chi connectivity index (χ0v) is 16.0. The van der Waals surface area contributed by atoms with E-state index in [1.807, 2.05) is 31.2 Å². The highest BCUT2D eigenvalue weighted by Crippen LogP contribution is 2.42. The van der Waals surface area contributed by atoms with Crippen molar-refractivity contribution in [2.24, 2.45) is 0 Å². The van der Waals surface area contributed by atoms with Crippen LogP contribution < -0.4 is 9.64 Å². The molecular formula is C23H21NO5. The van der Waals surface area contributed by atoms with E-state index >= 15 is 0 Å². The molecule has 1 aliphatic rings. The number of hydrogen-bond donors (Lipinski definition) is 1. The first-order chi connectivity index (χ1) is 14.0. The molecule has 0 saturated carbocycles. The Labute approximate surface area is 168 Å². The molecule has 6 heteroatoms. The normalized spacial score (nSPS) is 18.0. The highest BCUT2D eigenvalue weighted by Gasteiger charge is 2.51. The van der Waals surface area contributed by atoms with Gasteiger partial charge in [0.1, 0.15) is 12.4 Å². The minimum atomic E-state index is -1.93. The number of carbonyl (C=O) groups is 2. The third-order valence-corrected chi connectivity index (χ3v) is 5.12. The summed E-state index contributed by atoms with van der Waals surface area (Å²) in [5.41, 5.74) is 0.0750. The molecule has 1 aromatic heterocycles. The molecule has 0 saturated heterocycles. The molecule has 148 valence electrons. The molecule has 0 bridgehead atoms. The summed E-state index contributed by atoms with van der Waals surface area (Å²) in [7, 11) is 0. The molecule has 6 nitrogen and oxygen atoms in total. The molecule has 29 heavy (non-hydrogen) atoms. The average molecular weight is 391 g/mol. The molecule has 2 aromatic carbocycles. The second kappa shape index (κ2) is 7.56. The number of aliphatic hydroxyl groups is 1. The number of ketones is 1. The molecular weight excluding hydrogens is 370 g/mol. The van der Waals surface area contributed by atoms with E-state index in [1.165, 1.54) is 17.2 Å². The number of rotatable bonds is 7. The van der Waals surface area contributed by atoms with Crippen LogP contribution in [0.3, 0.4) is 0 Å². The summed E-state index contributed by atoms with van der Waals surface area (Å²) in [6.45, 7) is 2.46. The van der Waals surface area contributed by atoms with Crippen LogP contribution in [0.25, 0.3) is 0 Å². The number of amides is 1. The fourth-order valence-corrected chi connectivity index (χ4v) is 3.62. The summed E-state index contributed by atoms with van der Waals surface area (Å²) >= 11 is 0. The molecule has 0 unspecified atom stereocenters. The van der Waals surface area contributed by atoms with Crippen LogP contribution in [0, 0.1) is 6.92 Å². The van der Waals surface area contributed by atoms with Gasteiger partial charge >= 0.3 is 0 Å². The lowest BCUT2D eigenvalue weighted by atomic mass is 9.89. The molecule has 1 aliphatic heterocycles. The second-order valence-electron chi connectivity index (χ2n) is 7.03. The number of nitrogens with zero attached hydrogens (tertiary/aromatic N) is 1. The smallest absolute Gasteiger partial charge is 0.264 e. The number of Topliss-reactive ketones (excluding diaryl/α,β-unsaturated/α-hetero) is 1. The van der Waals surface area contributed by atoms with Gasteiger partial charge < -0.3 is 19.2 Å². The number of benzene rings is 2. The van der Waals surface area contributed by atoms with Crippen molar-refractivity contribution in [3.05, 3.63) is 83.8 Å². The Morgan fingerprint density at radius 2 is 1.86 bits per heavy atom. The van der Waals surface area contributed by atoms with E-state index in [2.05, 4.69) is 0 Å².